The van der Waals surface area contributed by atoms with Crippen molar-refractivity contribution in [3.05, 3.63) is 41.9 Å². The van der Waals surface area contributed by atoms with Crippen molar-refractivity contribution in [2.75, 3.05) is 25.6 Å². The number of anilines is 1. The summed E-state index contributed by atoms with van der Waals surface area (Å²) in [5.74, 6) is 0. The van der Waals surface area contributed by atoms with Crippen LogP contribution >= 0.6 is 11.6 Å². The van der Waals surface area contributed by atoms with E-state index < -0.39 is 0 Å². The largest absolute Gasteiger partial charge is 0.385 e. The van der Waals surface area contributed by atoms with Gasteiger partial charge in [-0.1, -0.05) is 11.6 Å². The van der Waals surface area contributed by atoms with Crippen LogP contribution in [0.15, 0.2) is 36.9 Å². The number of nitrogens with one attached hydrogen (secondary N) is 1. The number of amides is 2. The van der Waals surface area contributed by atoms with Crippen LogP contribution in [0.1, 0.15) is 25.7 Å². The van der Waals surface area contributed by atoms with Crippen molar-refractivity contribution in [2.45, 2.75) is 31.7 Å². The Labute approximate surface area is 152 Å². The van der Waals surface area contributed by atoms with Crippen LogP contribution < -0.4 is 5.32 Å². The molecule has 1 aliphatic rings. The lowest BCUT2D eigenvalue weighted by molar-refractivity contribution is 0.123. The number of aromatic nitrogens is 2. The molecule has 0 spiro atoms. The Morgan fingerprint density at radius 3 is 3.04 bits per heavy atom. The molecule has 0 bridgehead atoms. The van der Waals surface area contributed by atoms with E-state index in [-0.39, 0.29) is 12.1 Å². The second-order valence-electron chi connectivity index (χ2n) is 6.19. The summed E-state index contributed by atoms with van der Waals surface area (Å²) in [4.78, 5) is 18.6. The zero-order chi connectivity index (χ0) is 17.6. The molecule has 1 aromatic heterocycles. The average Bonchev–Trinajstić information content (AvgIpc) is 3.14. The number of hydrogen-bond acceptors (Lipinski definition) is 3. The number of likely N-dealkylation sites (tertiary alicyclic amines) is 1. The third kappa shape index (κ3) is 4.32. The molecule has 25 heavy (non-hydrogen) atoms. The number of carbonyl (C=O) groups is 1. The summed E-state index contributed by atoms with van der Waals surface area (Å²) in [7, 11) is 1.69. The van der Waals surface area contributed by atoms with Crippen LogP contribution in [-0.4, -0.2) is 46.8 Å². The van der Waals surface area contributed by atoms with E-state index in [2.05, 4.69) is 10.3 Å². The topological polar surface area (TPSA) is 59.4 Å². The molecule has 7 heteroatoms. The van der Waals surface area contributed by atoms with E-state index in [1.54, 1.807) is 25.7 Å². The monoisotopic (exact) mass is 362 g/mol. The Morgan fingerprint density at radius 1 is 1.44 bits per heavy atom. The molecule has 2 aromatic rings. The molecule has 0 saturated carbocycles. The van der Waals surface area contributed by atoms with Gasteiger partial charge in [0.05, 0.1) is 17.0 Å². The van der Waals surface area contributed by atoms with E-state index in [1.165, 1.54) is 0 Å². The number of nitrogens with zero attached hydrogens (tertiary/aromatic N) is 3. The number of hydrogen-bond donors (Lipinski definition) is 1. The fraction of sp³-hybridized carbons (Fsp3) is 0.444. The highest BCUT2D eigenvalue weighted by Gasteiger charge is 2.26. The number of urea groups is 1. The highest BCUT2D eigenvalue weighted by atomic mass is 35.5. The smallest absolute Gasteiger partial charge is 0.322 e. The van der Waals surface area contributed by atoms with E-state index in [4.69, 9.17) is 16.3 Å². The average molecular weight is 363 g/mol. The second-order valence-corrected chi connectivity index (χ2v) is 6.60. The van der Waals surface area contributed by atoms with Crippen LogP contribution in [0.25, 0.3) is 5.69 Å². The van der Waals surface area contributed by atoms with E-state index >= 15 is 0 Å². The second kappa shape index (κ2) is 8.36. The van der Waals surface area contributed by atoms with Gasteiger partial charge in [-0.05, 0) is 43.9 Å². The van der Waals surface area contributed by atoms with Gasteiger partial charge >= 0.3 is 6.03 Å². The summed E-state index contributed by atoms with van der Waals surface area (Å²) < 4.78 is 7.00. The van der Waals surface area contributed by atoms with Crippen molar-refractivity contribution >= 4 is 23.3 Å². The van der Waals surface area contributed by atoms with Gasteiger partial charge in [-0.25, -0.2) is 9.78 Å². The molecule has 1 fully saturated rings. The van der Waals surface area contributed by atoms with Crippen LogP contribution in [-0.2, 0) is 4.74 Å². The van der Waals surface area contributed by atoms with Gasteiger partial charge in [-0.2, -0.15) is 0 Å². The zero-order valence-corrected chi connectivity index (χ0v) is 15.1. The van der Waals surface area contributed by atoms with Gasteiger partial charge in [-0.3, -0.25) is 0 Å². The first kappa shape index (κ1) is 17.8. The summed E-state index contributed by atoms with van der Waals surface area (Å²) in [5, 5.41) is 3.53. The lowest BCUT2D eigenvalue weighted by Crippen LogP contribution is -2.46. The third-order valence-electron chi connectivity index (χ3n) is 4.52. The lowest BCUT2D eigenvalue weighted by Gasteiger charge is -2.35. The summed E-state index contributed by atoms with van der Waals surface area (Å²) in [5.41, 5.74) is 1.52. The van der Waals surface area contributed by atoms with Crippen molar-refractivity contribution in [1.29, 1.82) is 0 Å². The van der Waals surface area contributed by atoms with Crippen molar-refractivity contribution in [2.24, 2.45) is 0 Å². The highest BCUT2D eigenvalue weighted by molar-refractivity contribution is 6.32. The molecule has 1 aliphatic heterocycles. The maximum absolute atomic E-state index is 12.7. The van der Waals surface area contributed by atoms with Gasteiger partial charge in [0.2, 0.25) is 0 Å². The Hall–Kier alpha value is -2.05. The van der Waals surface area contributed by atoms with E-state index in [0.29, 0.717) is 17.3 Å². The Morgan fingerprint density at radius 2 is 2.32 bits per heavy atom. The van der Waals surface area contributed by atoms with Crippen LogP contribution in [0.4, 0.5) is 10.5 Å². The molecule has 0 radical (unpaired) electrons. The molecule has 134 valence electrons. The number of benzene rings is 1. The molecule has 1 N–H and O–H groups in total. The zero-order valence-electron chi connectivity index (χ0n) is 14.3. The molecular formula is C18H23ClN4O2. The molecule has 2 heterocycles. The Bertz CT molecular complexity index is 705. The molecular weight excluding hydrogens is 340 g/mol. The maximum atomic E-state index is 12.7. The van der Waals surface area contributed by atoms with Gasteiger partial charge in [0.15, 0.2) is 0 Å². The van der Waals surface area contributed by atoms with Gasteiger partial charge < -0.3 is 19.5 Å². The fourth-order valence-electron chi connectivity index (χ4n) is 3.21. The first-order valence-electron chi connectivity index (χ1n) is 8.53. The molecule has 1 atom stereocenters. The van der Waals surface area contributed by atoms with Crippen molar-refractivity contribution < 1.29 is 9.53 Å². The molecule has 1 saturated heterocycles. The minimum absolute atomic E-state index is 0.0766. The molecule has 0 aliphatic carbocycles. The minimum atomic E-state index is -0.0766. The molecule has 6 nitrogen and oxygen atoms in total. The minimum Gasteiger partial charge on any atom is -0.385 e. The lowest BCUT2D eigenvalue weighted by atomic mass is 10.00. The number of halogens is 1. The quantitative estimate of drug-likeness (QED) is 0.876. The molecule has 2 amide bonds. The number of ether oxygens (including phenoxy) is 1. The highest BCUT2D eigenvalue weighted by Crippen LogP contribution is 2.26. The maximum Gasteiger partial charge on any atom is 0.322 e. The van der Waals surface area contributed by atoms with Crippen molar-refractivity contribution in [3.8, 4) is 5.69 Å². The summed E-state index contributed by atoms with van der Waals surface area (Å²) in [6.07, 6.45) is 9.30. The van der Waals surface area contributed by atoms with Gasteiger partial charge in [-0.15, -0.1) is 0 Å². The van der Waals surface area contributed by atoms with Gasteiger partial charge in [0.1, 0.15) is 0 Å². The summed E-state index contributed by atoms with van der Waals surface area (Å²) in [6, 6.07) is 5.65. The van der Waals surface area contributed by atoms with Crippen LogP contribution in [0.5, 0.6) is 0 Å². The van der Waals surface area contributed by atoms with Crippen LogP contribution in [0.2, 0.25) is 5.02 Å². The standard InChI is InChI=1S/C18H23ClN4O2/c1-25-11-7-15-4-2-3-9-23(15)18(24)21-14-5-6-17(16(19)12-14)22-10-8-20-13-22/h5-6,8,10,12-13,15H,2-4,7,9,11H2,1H3,(H,21,24)/t15-/m1/s1. The summed E-state index contributed by atoms with van der Waals surface area (Å²) >= 11 is 6.36. The van der Waals surface area contributed by atoms with Crippen LogP contribution in [0.3, 0.4) is 0 Å². The van der Waals surface area contributed by atoms with Crippen LogP contribution in [0, 0.1) is 0 Å². The van der Waals surface area contributed by atoms with Crippen molar-refractivity contribution in [3.63, 3.8) is 0 Å². The van der Waals surface area contributed by atoms with Gasteiger partial charge in [0.25, 0.3) is 0 Å². The number of methoxy groups -OCH3 is 1. The van der Waals surface area contributed by atoms with E-state index in [9.17, 15) is 4.79 Å². The number of rotatable bonds is 5. The SMILES string of the molecule is COCC[C@H]1CCCCN1C(=O)Nc1ccc(-n2ccnc2)c(Cl)c1. The van der Waals surface area contributed by atoms with Crippen molar-refractivity contribution in [1.82, 2.24) is 14.5 Å². The number of carbonyl (C=O) groups excluding carboxylic acids is 1. The summed E-state index contributed by atoms with van der Waals surface area (Å²) in [6.45, 7) is 1.45. The number of imidazole rings is 1. The van der Waals surface area contributed by atoms with Gasteiger partial charge in [0, 0.05) is 44.4 Å². The first-order valence-corrected chi connectivity index (χ1v) is 8.91. The Kier molecular flexibility index (Phi) is 5.94. The molecule has 1 aromatic carbocycles. The number of piperidine rings is 1. The predicted octanol–water partition coefficient (Wildman–Crippen LogP) is 3.95. The molecule has 3 rings (SSSR count). The first-order chi connectivity index (χ1) is 12.2. The third-order valence-corrected chi connectivity index (χ3v) is 4.83. The molecule has 0 unspecified atom stereocenters. The fourth-order valence-corrected chi connectivity index (χ4v) is 3.49. The Balaban J connectivity index is 1.68. The van der Waals surface area contributed by atoms with E-state index in [0.717, 1.165) is 37.9 Å². The normalized spacial score (nSPS) is 17.5. The van der Waals surface area contributed by atoms with E-state index in [1.807, 2.05) is 27.8 Å². The predicted molar refractivity (Wildman–Crippen MR) is 98.4 cm³/mol.